The molecule has 2 aliphatic heterocycles. The minimum absolute atomic E-state index is 0.320. The molecule has 1 aromatic heterocycles. The summed E-state index contributed by atoms with van der Waals surface area (Å²) in [5.41, 5.74) is 1.33. The topological polar surface area (TPSA) is 31.8 Å². The number of hydrogen-bond donors (Lipinski definition) is 0. The Balaban J connectivity index is 1.16. The van der Waals surface area contributed by atoms with Gasteiger partial charge < -0.3 is 9.64 Å². The van der Waals surface area contributed by atoms with Gasteiger partial charge in [0.25, 0.3) is 0 Å². The van der Waals surface area contributed by atoms with Crippen molar-refractivity contribution in [3.8, 4) is 5.75 Å². The molecule has 6 rings (SSSR count). The number of piperidine rings is 1. The lowest BCUT2D eigenvalue weighted by atomic mass is 9.94. The molecule has 2 atom stereocenters. The molecule has 2 aliphatic rings. The summed E-state index contributed by atoms with van der Waals surface area (Å²) in [6.45, 7) is 4.63. The van der Waals surface area contributed by atoms with Gasteiger partial charge in [-0.2, -0.15) is 0 Å². The minimum atomic E-state index is 0.320. The van der Waals surface area contributed by atoms with Crippen molar-refractivity contribution in [1.29, 1.82) is 0 Å². The van der Waals surface area contributed by atoms with Crippen LogP contribution in [0, 0.1) is 0 Å². The van der Waals surface area contributed by atoms with Crippen LogP contribution in [0.3, 0.4) is 0 Å². The van der Waals surface area contributed by atoms with E-state index in [2.05, 4.69) is 81.3 Å². The van der Waals surface area contributed by atoms with Crippen molar-refractivity contribution < 1.29 is 4.74 Å². The first kappa shape index (κ1) is 27.3. The number of halogens is 2. The molecule has 4 aromatic rings. The highest BCUT2D eigenvalue weighted by Crippen LogP contribution is 2.29. The number of rotatable bonds is 7. The zero-order valence-electron chi connectivity index (χ0n) is 22.9. The van der Waals surface area contributed by atoms with Crippen LogP contribution < -0.4 is 9.64 Å². The van der Waals surface area contributed by atoms with Crippen LogP contribution in [-0.4, -0.2) is 72.7 Å². The van der Waals surface area contributed by atoms with Crippen LogP contribution in [0.25, 0.3) is 10.8 Å². The Morgan fingerprint density at radius 1 is 0.825 bits per heavy atom. The van der Waals surface area contributed by atoms with Crippen molar-refractivity contribution in [2.75, 3.05) is 44.7 Å². The van der Waals surface area contributed by atoms with Crippen molar-refractivity contribution in [3.05, 3.63) is 101 Å². The standard InChI is InChI=1S/C33H36Cl2N4O/c1-37-21-30(18-24-6-9-27(34)10-7-24)39(29-13-16-38(17-14-29)33-20-28(35)12-15-36-33)22-31(37)23-40-32-11-8-25-4-2-3-5-26(25)19-32/h2-12,15,19-20,29-31H,13-14,16-18,21-23H2,1H3/t30-,31+/m0/s1. The van der Waals surface area contributed by atoms with Crippen molar-refractivity contribution in [2.45, 2.75) is 37.4 Å². The summed E-state index contributed by atoms with van der Waals surface area (Å²) in [6, 6.07) is 28.2. The predicted octanol–water partition coefficient (Wildman–Crippen LogP) is 6.82. The van der Waals surface area contributed by atoms with Gasteiger partial charge >= 0.3 is 0 Å². The molecule has 0 aliphatic carbocycles. The van der Waals surface area contributed by atoms with Gasteiger partial charge in [0.15, 0.2) is 0 Å². The Hall–Kier alpha value is -2.83. The zero-order chi connectivity index (χ0) is 27.5. The maximum absolute atomic E-state index is 6.40. The second-order valence-electron chi connectivity index (χ2n) is 11.1. The molecule has 0 spiro atoms. The number of ether oxygens (including phenoxy) is 1. The number of fused-ring (bicyclic) bond motifs is 1. The highest BCUT2D eigenvalue weighted by molar-refractivity contribution is 6.31. The third kappa shape index (κ3) is 6.39. The van der Waals surface area contributed by atoms with Gasteiger partial charge in [-0.3, -0.25) is 9.80 Å². The molecule has 0 unspecified atom stereocenters. The Morgan fingerprint density at radius 2 is 1.60 bits per heavy atom. The number of aromatic nitrogens is 1. The van der Waals surface area contributed by atoms with Crippen LogP contribution in [-0.2, 0) is 6.42 Å². The lowest BCUT2D eigenvalue weighted by Gasteiger charge is -2.50. The molecule has 0 N–H and O–H groups in total. The second kappa shape index (κ2) is 12.4. The first-order valence-electron chi connectivity index (χ1n) is 14.2. The molecule has 3 heterocycles. The Morgan fingerprint density at radius 3 is 2.38 bits per heavy atom. The monoisotopic (exact) mass is 574 g/mol. The van der Waals surface area contributed by atoms with Gasteiger partial charge in [0, 0.05) is 54.5 Å². The van der Waals surface area contributed by atoms with Gasteiger partial charge in [-0.25, -0.2) is 4.98 Å². The number of anilines is 1. The van der Waals surface area contributed by atoms with E-state index in [9.17, 15) is 0 Å². The number of piperazine rings is 1. The van der Waals surface area contributed by atoms with Crippen molar-refractivity contribution in [1.82, 2.24) is 14.8 Å². The molecule has 7 heteroatoms. The summed E-state index contributed by atoms with van der Waals surface area (Å²) in [5.74, 6) is 1.91. The van der Waals surface area contributed by atoms with Crippen LogP contribution >= 0.6 is 23.2 Å². The third-order valence-corrected chi connectivity index (χ3v) is 9.01. The number of likely N-dealkylation sites (N-methyl/N-ethyl adjacent to an activating group) is 1. The van der Waals surface area contributed by atoms with Gasteiger partial charge in [0.05, 0.1) is 6.04 Å². The second-order valence-corrected chi connectivity index (χ2v) is 12.0. The average Bonchev–Trinajstić information content (AvgIpc) is 2.98. The molecule has 3 aromatic carbocycles. The molecule has 2 fully saturated rings. The van der Waals surface area contributed by atoms with Crippen LogP contribution in [0.5, 0.6) is 5.75 Å². The molecule has 0 bridgehead atoms. The number of nitrogens with zero attached hydrogens (tertiary/aromatic N) is 4. The highest BCUT2D eigenvalue weighted by atomic mass is 35.5. The SMILES string of the molecule is CN1C[C@H](Cc2ccc(Cl)cc2)N(C2CCN(c3cc(Cl)ccn3)CC2)C[C@@H]1COc1ccc2ccccc2c1. The molecular weight excluding hydrogens is 539 g/mol. The van der Waals surface area contributed by atoms with Crippen LogP contribution in [0.15, 0.2) is 85.1 Å². The highest BCUT2D eigenvalue weighted by Gasteiger charge is 2.37. The van der Waals surface area contributed by atoms with Crippen molar-refractivity contribution >= 4 is 39.8 Å². The summed E-state index contributed by atoms with van der Waals surface area (Å²) in [7, 11) is 2.24. The van der Waals surface area contributed by atoms with Gasteiger partial charge in [-0.15, -0.1) is 0 Å². The first-order valence-corrected chi connectivity index (χ1v) is 15.0. The van der Waals surface area contributed by atoms with E-state index in [1.165, 1.54) is 16.3 Å². The zero-order valence-corrected chi connectivity index (χ0v) is 24.4. The first-order chi connectivity index (χ1) is 19.5. The largest absolute Gasteiger partial charge is 0.492 e. The summed E-state index contributed by atoms with van der Waals surface area (Å²) < 4.78 is 6.40. The number of hydrogen-bond acceptors (Lipinski definition) is 5. The Labute approximate surface area is 247 Å². The van der Waals surface area contributed by atoms with E-state index < -0.39 is 0 Å². The Bertz CT molecular complexity index is 1420. The van der Waals surface area contributed by atoms with Gasteiger partial charge in [-0.1, -0.05) is 65.7 Å². The lowest BCUT2D eigenvalue weighted by Crippen LogP contribution is -2.63. The minimum Gasteiger partial charge on any atom is -0.492 e. The third-order valence-electron chi connectivity index (χ3n) is 8.53. The fourth-order valence-corrected chi connectivity index (χ4v) is 6.54. The van der Waals surface area contributed by atoms with Crippen molar-refractivity contribution in [3.63, 3.8) is 0 Å². The molecule has 0 radical (unpaired) electrons. The summed E-state index contributed by atoms with van der Waals surface area (Å²) in [5, 5.41) is 3.97. The molecule has 2 saturated heterocycles. The van der Waals surface area contributed by atoms with E-state index in [0.29, 0.717) is 24.7 Å². The summed E-state index contributed by atoms with van der Waals surface area (Å²) in [6.07, 6.45) is 5.02. The fraction of sp³-hybridized carbons (Fsp3) is 0.364. The van der Waals surface area contributed by atoms with Crippen LogP contribution in [0.1, 0.15) is 18.4 Å². The van der Waals surface area contributed by atoms with Crippen molar-refractivity contribution in [2.24, 2.45) is 0 Å². The normalized spacial score (nSPS) is 21.1. The number of pyridine rings is 1. The maximum atomic E-state index is 6.40. The smallest absolute Gasteiger partial charge is 0.129 e. The summed E-state index contributed by atoms with van der Waals surface area (Å²) >= 11 is 12.4. The maximum Gasteiger partial charge on any atom is 0.129 e. The molecular formula is C33H36Cl2N4O. The van der Waals surface area contributed by atoms with Crippen LogP contribution in [0.4, 0.5) is 5.82 Å². The molecule has 40 heavy (non-hydrogen) atoms. The van der Waals surface area contributed by atoms with E-state index in [1.54, 1.807) is 6.20 Å². The molecule has 208 valence electrons. The van der Waals surface area contributed by atoms with E-state index >= 15 is 0 Å². The molecule has 0 amide bonds. The van der Waals surface area contributed by atoms with Gasteiger partial charge in [0.1, 0.15) is 18.2 Å². The van der Waals surface area contributed by atoms with Gasteiger partial charge in [0.2, 0.25) is 0 Å². The van der Waals surface area contributed by atoms with E-state index in [-0.39, 0.29) is 0 Å². The molecule has 0 saturated carbocycles. The van der Waals surface area contributed by atoms with Crippen LogP contribution in [0.2, 0.25) is 10.0 Å². The fourth-order valence-electron chi connectivity index (χ4n) is 6.26. The predicted molar refractivity (Wildman–Crippen MR) is 166 cm³/mol. The average molecular weight is 576 g/mol. The van der Waals surface area contributed by atoms with E-state index in [1.807, 2.05) is 24.3 Å². The van der Waals surface area contributed by atoms with Gasteiger partial charge in [-0.05, 0) is 79.0 Å². The Kier molecular flexibility index (Phi) is 8.45. The summed E-state index contributed by atoms with van der Waals surface area (Å²) in [4.78, 5) is 12.2. The van der Waals surface area contributed by atoms with E-state index in [4.69, 9.17) is 27.9 Å². The van der Waals surface area contributed by atoms with E-state index in [0.717, 1.165) is 67.1 Å². The quantitative estimate of drug-likeness (QED) is 0.242. The number of benzene rings is 3. The lowest BCUT2D eigenvalue weighted by molar-refractivity contribution is -0.00707. The molecule has 5 nitrogen and oxygen atoms in total.